The zero-order chi connectivity index (χ0) is 24.2. The summed E-state index contributed by atoms with van der Waals surface area (Å²) in [7, 11) is 0. The number of carbonyl (C=O) groups is 2. The number of carboxylic acids is 1. The molecule has 0 rings (SSSR count). The topological polar surface area (TPSA) is 128 Å². The van der Waals surface area contributed by atoms with E-state index >= 15 is 0 Å². The fourth-order valence-corrected chi connectivity index (χ4v) is 2.30. The lowest BCUT2D eigenvalue weighted by atomic mass is 10.2. The first-order valence-corrected chi connectivity index (χ1v) is 11.6. The van der Waals surface area contributed by atoms with E-state index in [0.717, 1.165) is 0 Å². The van der Waals surface area contributed by atoms with E-state index in [-0.39, 0.29) is 25.4 Å². The Kier molecular flexibility index (Phi) is 25.8. The Bertz CT molecular complexity index is 435. The third-order valence-corrected chi connectivity index (χ3v) is 3.95. The molecule has 0 atom stereocenters. The van der Waals surface area contributed by atoms with E-state index in [0.29, 0.717) is 105 Å². The monoisotopic (exact) mass is 482 g/mol. The molecule has 0 aliphatic heterocycles. The zero-order valence-corrected chi connectivity index (χ0v) is 20.0. The number of hydrogen-bond donors (Lipinski definition) is 1. The summed E-state index contributed by atoms with van der Waals surface area (Å²) in [5, 5.41) is 8.51. The maximum Gasteiger partial charge on any atom is 0.305 e. The molecule has 0 heterocycles. The highest BCUT2D eigenvalue weighted by Crippen LogP contribution is 2.01. The van der Waals surface area contributed by atoms with E-state index in [1.165, 1.54) is 0 Å². The second-order valence-electron chi connectivity index (χ2n) is 6.69. The van der Waals surface area contributed by atoms with Crippen LogP contribution in [0.5, 0.6) is 0 Å². The van der Waals surface area contributed by atoms with E-state index in [2.05, 4.69) is 0 Å². The number of ether oxygens (including phenoxy) is 8. The number of esters is 1. The van der Waals surface area contributed by atoms with Crippen molar-refractivity contribution in [3.05, 3.63) is 0 Å². The molecule has 1 N–H and O–H groups in total. The predicted octanol–water partition coefficient (Wildman–Crippen LogP) is 1.31. The standard InChI is InChI=1S/C22H42O11/c1-2-26-7-8-27-9-10-28-11-12-29-13-14-30-15-16-31-17-18-32-19-20-33-22(25)6-4-3-5-21(23)24/h2-20H2,1H3,(H,23,24). The Labute approximate surface area is 196 Å². The van der Waals surface area contributed by atoms with Crippen molar-refractivity contribution in [1.29, 1.82) is 0 Å². The summed E-state index contributed by atoms with van der Waals surface area (Å²) < 4.78 is 42.3. The van der Waals surface area contributed by atoms with Crippen LogP contribution in [0.25, 0.3) is 0 Å². The molecule has 0 aromatic carbocycles. The first-order chi connectivity index (χ1) is 16.2. The highest BCUT2D eigenvalue weighted by atomic mass is 16.6. The van der Waals surface area contributed by atoms with Gasteiger partial charge in [-0.25, -0.2) is 0 Å². The van der Waals surface area contributed by atoms with Gasteiger partial charge >= 0.3 is 11.9 Å². The lowest BCUT2D eigenvalue weighted by Crippen LogP contribution is -2.15. The van der Waals surface area contributed by atoms with Gasteiger partial charge in [0.1, 0.15) is 6.61 Å². The van der Waals surface area contributed by atoms with Crippen LogP contribution in [-0.2, 0) is 47.5 Å². The van der Waals surface area contributed by atoms with Gasteiger partial charge in [0.05, 0.1) is 85.9 Å². The average molecular weight is 483 g/mol. The molecule has 11 nitrogen and oxygen atoms in total. The van der Waals surface area contributed by atoms with Crippen LogP contribution in [0.3, 0.4) is 0 Å². The fourth-order valence-electron chi connectivity index (χ4n) is 2.30. The summed E-state index contributed by atoms with van der Waals surface area (Å²) in [6, 6.07) is 0. The van der Waals surface area contributed by atoms with Gasteiger partial charge in [0.25, 0.3) is 0 Å². The molecule has 0 aromatic heterocycles. The van der Waals surface area contributed by atoms with Crippen LogP contribution < -0.4 is 0 Å². The van der Waals surface area contributed by atoms with Gasteiger partial charge in [-0.05, 0) is 19.8 Å². The molecular weight excluding hydrogens is 440 g/mol. The van der Waals surface area contributed by atoms with Crippen LogP contribution in [0.4, 0.5) is 0 Å². The summed E-state index contributed by atoms with van der Waals surface area (Å²) in [6.07, 6.45) is 1.27. The van der Waals surface area contributed by atoms with Crippen molar-refractivity contribution in [2.45, 2.75) is 32.6 Å². The summed E-state index contributed by atoms with van der Waals surface area (Å²) in [5.41, 5.74) is 0. The van der Waals surface area contributed by atoms with Gasteiger partial charge in [-0.2, -0.15) is 0 Å². The Morgan fingerprint density at radius 3 is 1.21 bits per heavy atom. The highest BCUT2D eigenvalue weighted by molar-refractivity contribution is 5.69. The molecule has 33 heavy (non-hydrogen) atoms. The highest BCUT2D eigenvalue weighted by Gasteiger charge is 2.04. The van der Waals surface area contributed by atoms with Crippen molar-refractivity contribution >= 4 is 11.9 Å². The third-order valence-electron chi connectivity index (χ3n) is 3.95. The number of carbonyl (C=O) groups excluding carboxylic acids is 1. The maximum absolute atomic E-state index is 11.4. The minimum atomic E-state index is -0.858. The van der Waals surface area contributed by atoms with Crippen molar-refractivity contribution in [3.8, 4) is 0 Å². The molecule has 0 aromatic rings. The Balaban J connectivity index is 3.10. The summed E-state index contributed by atoms with van der Waals surface area (Å²) in [6.45, 7) is 9.16. The lowest BCUT2D eigenvalue weighted by Gasteiger charge is -2.08. The number of aliphatic carboxylic acids is 1. The third kappa shape index (κ3) is 28.6. The normalized spacial score (nSPS) is 11.1. The minimum Gasteiger partial charge on any atom is -0.481 e. The van der Waals surface area contributed by atoms with Crippen molar-refractivity contribution in [2.24, 2.45) is 0 Å². The van der Waals surface area contributed by atoms with Crippen LogP contribution in [0.2, 0.25) is 0 Å². The number of carboxylic acid groups (broad SMARTS) is 1. The van der Waals surface area contributed by atoms with Gasteiger partial charge in [-0.15, -0.1) is 0 Å². The van der Waals surface area contributed by atoms with E-state index in [1.807, 2.05) is 6.92 Å². The molecular formula is C22H42O11. The second kappa shape index (κ2) is 26.9. The molecule has 0 spiro atoms. The molecule has 0 aliphatic rings. The molecule has 0 amide bonds. The van der Waals surface area contributed by atoms with E-state index in [4.69, 9.17) is 43.0 Å². The first kappa shape index (κ1) is 31.7. The van der Waals surface area contributed by atoms with E-state index in [1.54, 1.807) is 0 Å². The fraction of sp³-hybridized carbons (Fsp3) is 0.909. The molecule has 0 bridgehead atoms. The Morgan fingerprint density at radius 2 is 0.848 bits per heavy atom. The Hall–Kier alpha value is -1.34. The van der Waals surface area contributed by atoms with Gasteiger partial charge in [0.2, 0.25) is 0 Å². The lowest BCUT2D eigenvalue weighted by molar-refractivity contribution is -0.146. The predicted molar refractivity (Wildman–Crippen MR) is 118 cm³/mol. The van der Waals surface area contributed by atoms with Gasteiger partial charge < -0.3 is 43.0 Å². The summed E-state index contributed by atoms with van der Waals surface area (Å²) >= 11 is 0. The van der Waals surface area contributed by atoms with Gasteiger partial charge in [-0.3, -0.25) is 9.59 Å². The van der Waals surface area contributed by atoms with Crippen molar-refractivity contribution < 1.29 is 52.6 Å². The van der Waals surface area contributed by atoms with Gasteiger partial charge in [0.15, 0.2) is 0 Å². The molecule has 0 saturated heterocycles. The molecule has 0 fully saturated rings. The van der Waals surface area contributed by atoms with Crippen LogP contribution in [0.1, 0.15) is 32.6 Å². The van der Waals surface area contributed by atoms with Gasteiger partial charge in [0, 0.05) is 19.4 Å². The molecule has 0 radical (unpaired) electrons. The first-order valence-electron chi connectivity index (χ1n) is 11.6. The van der Waals surface area contributed by atoms with Crippen LogP contribution >= 0.6 is 0 Å². The molecule has 0 unspecified atom stereocenters. The molecule has 196 valence electrons. The van der Waals surface area contributed by atoms with Crippen molar-refractivity contribution in [3.63, 3.8) is 0 Å². The van der Waals surface area contributed by atoms with Crippen LogP contribution in [0, 0.1) is 0 Å². The quantitative estimate of drug-likeness (QED) is 0.134. The summed E-state index contributed by atoms with van der Waals surface area (Å²) in [5.74, 6) is -1.20. The number of hydrogen-bond acceptors (Lipinski definition) is 10. The van der Waals surface area contributed by atoms with E-state index < -0.39 is 5.97 Å². The Morgan fingerprint density at radius 1 is 0.515 bits per heavy atom. The average Bonchev–Trinajstić information content (AvgIpc) is 2.80. The molecule has 0 aliphatic carbocycles. The van der Waals surface area contributed by atoms with Crippen molar-refractivity contribution in [2.75, 3.05) is 99.1 Å². The zero-order valence-electron chi connectivity index (χ0n) is 20.0. The molecule has 0 saturated carbocycles. The summed E-state index contributed by atoms with van der Waals surface area (Å²) in [4.78, 5) is 21.8. The number of unbranched alkanes of at least 4 members (excludes halogenated alkanes) is 1. The SMILES string of the molecule is CCOCCOCCOCCOCCOCCOCCOCCOC(=O)CCCCC(=O)O. The second-order valence-corrected chi connectivity index (χ2v) is 6.69. The van der Waals surface area contributed by atoms with Crippen LogP contribution in [-0.4, -0.2) is 116 Å². The van der Waals surface area contributed by atoms with Crippen LogP contribution in [0.15, 0.2) is 0 Å². The van der Waals surface area contributed by atoms with Gasteiger partial charge in [-0.1, -0.05) is 0 Å². The minimum absolute atomic E-state index is 0.0672. The maximum atomic E-state index is 11.4. The van der Waals surface area contributed by atoms with Crippen molar-refractivity contribution in [1.82, 2.24) is 0 Å². The number of rotatable bonds is 27. The van der Waals surface area contributed by atoms with E-state index in [9.17, 15) is 9.59 Å². The molecule has 11 heteroatoms. The smallest absolute Gasteiger partial charge is 0.305 e. The largest absolute Gasteiger partial charge is 0.481 e.